The molecule has 33 heavy (non-hydrogen) atoms. The van der Waals surface area contributed by atoms with E-state index in [0.717, 1.165) is 17.6 Å². The van der Waals surface area contributed by atoms with E-state index in [-0.39, 0.29) is 18.9 Å². The molecule has 1 amide bonds. The van der Waals surface area contributed by atoms with Gasteiger partial charge < -0.3 is 19.5 Å². The predicted molar refractivity (Wildman–Crippen MR) is 130 cm³/mol. The number of carbonyl (C=O) groups is 1. The van der Waals surface area contributed by atoms with E-state index in [1.54, 1.807) is 0 Å². The van der Waals surface area contributed by atoms with Gasteiger partial charge >= 0.3 is 0 Å². The van der Waals surface area contributed by atoms with Gasteiger partial charge in [-0.25, -0.2) is 8.42 Å². The fourth-order valence-corrected chi connectivity index (χ4v) is 4.33. The summed E-state index contributed by atoms with van der Waals surface area (Å²) in [4.78, 5) is 12.2. The fourth-order valence-electron chi connectivity index (χ4n) is 3.14. The van der Waals surface area contributed by atoms with Crippen LogP contribution >= 0.6 is 11.6 Å². The zero-order chi connectivity index (χ0) is 24.6. The number of carbonyl (C=O) groups excluding carboxylic acids is 1. The average Bonchev–Trinajstić information content (AvgIpc) is 2.76. The molecule has 2 aromatic carbocycles. The van der Waals surface area contributed by atoms with Gasteiger partial charge in [0.1, 0.15) is 23.9 Å². The van der Waals surface area contributed by atoms with Crippen LogP contribution in [-0.4, -0.2) is 54.5 Å². The summed E-state index contributed by atoms with van der Waals surface area (Å²) in [5.74, 6) is 1.18. The quantitative estimate of drug-likeness (QED) is 0.448. The van der Waals surface area contributed by atoms with Crippen molar-refractivity contribution in [2.75, 3.05) is 44.5 Å². The van der Waals surface area contributed by atoms with E-state index in [9.17, 15) is 13.2 Å². The first kappa shape index (κ1) is 26.6. The van der Waals surface area contributed by atoms with Crippen LogP contribution < -0.4 is 23.8 Å². The van der Waals surface area contributed by atoms with E-state index >= 15 is 0 Å². The number of ether oxygens (including phenoxy) is 3. The van der Waals surface area contributed by atoms with Crippen LogP contribution in [0.1, 0.15) is 24.0 Å². The molecule has 0 saturated heterocycles. The number of rotatable bonds is 12. The van der Waals surface area contributed by atoms with Crippen molar-refractivity contribution in [1.29, 1.82) is 0 Å². The minimum absolute atomic E-state index is 0.0898. The summed E-state index contributed by atoms with van der Waals surface area (Å²) in [5.41, 5.74) is 2.62. The summed E-state index contributed by atoms with van der Waals surface area (Å²) in [5, 5.41) is 3.09. The molecule has 0 aliphatic rings. The molecule has 0 radical (unpaired) electrons. The number of hydrogen-bond acceptors (Lipinski definition) is 6. The lowest BCUT2D eigenvalue weighted by atomic mass is 10.1. The number of nitrogens with zero attached hydrogens (tertiary/aromatic N) is 1. The summed E-state index contributed by atoms with van der Waals surface area (Å²) in [6, 6.07) is 8.84. The van der Waals surface area contributed by atoms with Crippen LogP contribution in [0.2, 0.25) is 5.02 Å². The van der Waals surface area contributed by atoms with Crippen molar-refractivity contribution in [2.24, 2.45) is 0 Å². The van der Waals surface area contributed by atoms with Gasteiger partial charge in [0.05, 0.1) is 37.7 Å². The lowest BCUT2D eigenvalue weighted by Gasteiger charge is -2.25. The second kappa shape index (κ2) is 12.0. The van der Waals surface area contributed by atoms with Crippen molar-refractivity contribution in [3.05, 3.63) is 46.5 Å². The Hall–Kier alpha value is -2.65. The summed E-state index contributed by atoms with van der Waals surface area (Å²) >= 11 is 6.12. The largest absolute Gasteiger partial charge is 0.495 e. The summed E-state index contributed by atoms with van der Waals surface area (Å²) in [6.07, 6.45) is 1.56. The van der Waals surface area contributed by atoms with Crippen molar-refractivity contribution in [3.63, 3.8) is 0 Å². The lowest BCUT2D eigenvalue weighted by Crippen LogP contribution is -2.33. The molecule has 8 nitrogen and oxygen atoms in total. The second-order valence-electron chi connectivity index (χ2n) is 7.54. The summed E-state index contributed by atoms with van der Waals surface area (Å²) in [7, 11) is -0.775. The Bertz CT molecular complexity index is 1070. The van der Waals surface area contributed by atoms with Crippen LogP contribution in [0.25, 0.3) is 0 Å². The van der Waals surface area contributed by atoms with Crippen molar-refractivity contribution < 1.29 is 27.4 Å². The van der Waals surface area contributed by atoms with Gasteiger partial charge in [0, 0.05) is 25.1 Å². The molecule has 0 bridgehead atoms. The van der Waals surface area contributed by atoms with E-state index in [1.165, 1.54) is 36.2 Å². The van der Waals surface area contributed by atoms with Crippen LogP contribution in [-0.2, 0) is 14.8 Å². The van der Waals surface area contributed by atoms with Gasteiger partial charge in [-0.05, 0) is 43.5 Å². The number of amides is 1. The molecule has 0 fully saturated rings. The molecule has 0 heterocycles. The zero-order valence-corrected chi connectivity index (χ0v) is 21.2. The third-order valence-electron chi connectivity index (χ3n) is 5.06. The number of benzene rings is 2. The number of nitrogens with one attached hydrogen (secondary N) is 1. The van der Waals surface area contributed by atoms with Gasteiger partial charge in [-0.15, -0.1) is 0 Å². The Morgan fingerprint density at radius 2 is 1.76 bits per heavy atom. The first-order valence-corrected chi connectivity index (χ1v) is 12.7. The first-order chi connectivity index (χ1) is 15.6. The highest BCUT2D eigenvalue weighted by Gasteiger charge is 2.23. The van der Waals surface area contributed by atoms with Gasteiger partial charge in [-0.3, -0.25) is 9.10 Å². The average molecular weight is 499 g/mol. The van der Waals surface area contributed by atoms with Gasteiger partial charge in [-0.2, -0.15) is 0 Å². The molecule has 0 unspecified atom stereocenters. The summed E-state index contributed by atoms with van der Waals surface area (Å²) in [6.45, 7) is 4.82. The number of hydrogen-bond donors (Lipinski definition) is 1. The van der Waals surface area contributed by atoms with Crippen molar-refractivity contribution in [3.8, 4) is 17.2 Å². The molecule has 2 rings (SSSR count). The minimum atomic E-state index is -3.64. The molecule has 1 N–H and O–H groups in total. The molecule has 0 atom stereocenters. The second-order valence-corrected chi connectivity index (χ2v) is 9.86. The Balaban J connectivity index is 1.90. The third kappa shape index (κ3) is 7.71. The predicted octanol–water partition coefficient (Wildman–Crippen LogP) is 3.72. The van der Waals surface area contributed by atoms with Gasteiger partial charge in [0.25, 0.3) is 0 Å². The van der Waals surface area contributed by atoms with E-state index < -0.39 is 10.0 Å². The molecule has 0 aromatic heterocycles. The molecular weight excluding hydrogens is 468 g/mol. The highest BCUT2D eigenvalue weighted by Crippen LogP contribution is 2.39. The first-order valence-electron chi connectivity index (χ1n) is 10.4. The normalized spacial score (nSPS) is 11.1. The zero-order valence-electron chi connectivity index (χ0n) is 19.6. The van der Waals surface area contributed by atoms with Gasteiger partial charge in [0.15, 0.2) is 0 Å². The fraction of sp³-hybridized carbons (Fsp3) is 0.435. The van der Waals surface area contributed by atoms with Crippen LogP contribution in [0, 0.1) is 13.8 Å². The van der Waals surface area contributed by atoms with E-state index in [4.69, 9.17) is 25.8 Å². The van der Waals surface area contributed by atoms with E-state index in [0.29, 0.717) is 41.8 Å². The molecule has 2 aromatic rings. The van der Waals surface area contributed by atoms with Crippen molar-refractivity contribution in [1.82, 2.24) is 5.32 Å². The lowest BCUT2D eigenvalue weighted by molar-refractivity contribution is -0.121. The minimum Gasteiger partial charge on any atom is -0.495 e. The monoisotopic (exact) mass is 498 g/mol. The molecular formula is C23H31ClN2O6S. The topological polar surface area (TPSA) is 94.2 Å². The third-order valence-corrected chi connectivity index (χ3v) is 6.53. The standard InChI is InChI=1S/C23H31ClN2O6S/c1-16-8-9-18(13-17(16)2)32-12-10-25-23(27)7-6-11-26(33(5,28)29)20-15-21(30-3)19(24)14-22(20)31-4/h8-9,13-15H,6-7,10-12H2,1-5H3,(H,25,27). The van der Waals surface area contributed by atoms with Crippen LogP contribution in [0.5, 0.6) is 17.2 Å². The van der Waals surface area contributed by atoms with Gasteiger partial charge in [-0.1, -0.05) is 17.7 Å². The maximum Gasteiger partial charge on any atom is 0.232 e. The number of sulfonamides is 1. The molecule has 0 aliphatic carbocycles. The van der Waals surface area contributed by atoms with Crippen LogP contribution in [0.4, 0.5) is 5.69 Å². The Morgan fingerprint density at radius 1 is 1.06 bits per heavy atom. The Morgan fingerprint density at radius 3 is 2.36 bits per heavy atom. The highest BCUT2D eigenvalue weighted by molar-refractivity contribution is 7.92. The Labute approximate surface area is 200 Å². The number of anilines is 1. The highest BCUT2D eigenvalue weighted by atomic mass is 35.5. The molecule has 0 spiro atoms. The smallest absolute Gasteiger partial charge is 0.232 e. The van der Waals surface area contributed by atoms with Crippen molar-refractivity contribution >= 4 is 33.2 Å². The molecule has 182 valence electrons. The maximum atomic E-state index is 12.4. The van der Waals surface area contributed by atoms with Crippen molar-refractivity contribution in [2.45, 2.75) is 26.7 Å². The Kier molecular flexibility index (Phi) is 9.67. The van der Waals surface area contributed by atoms with Crippen LogP contribution in [0.3, 0.4) is 0 Å². The number of methoxy groups -OCH3 is 2. The number of halogens is 1. The molecule has 10 heteroatoms. The molecule has 0 saturated carbocycles. The van der Waals surface area contributed by atoms with E-state index in [2.05, 4.69) is 5.32 Å². The molecule has 0 aliphatic heterocycles. The van der Waals surface area contributed by atoms with E-state index in [1.807, 2.05) is 32.0 Å². The number of aryl methyl sites for hydroxylation is 2. The van der Waals surface area contributed by atoms with Crippen LogP contribution in [0.15, 0.2) is 30.3 Å². The van der Waals surface area contributed by atoms with Gasteiger partial charge in [0.2, 0.25) is 15.9 Å². The SMILES string of the molecule is COc1cc(N(CCCC(=O)NCCOc2ccc(C)c(C)c2)S(C)(=O)=O)c(OC)cc1Cl. The summed E-state index contributed by atoms with van der Waals surface area (Å²) < 4.78 is 42.2. The maximum absolute atomic E-state index is 12.4.